The van der Waals surface area contributed by atoms with E-state index in [1.54, 1.807) is 0 Å². The Hall–Kier alpha value is -1.89. The summed E-state index contributed by atoms with van der Waals surface area (Å²) in [7, 11) is 0. The van der Waals surface area contributed by atoms with Crippen molar-refractivity contribution in [2.24, 2.45) is 11.5 Å². The number of rotatable bonds is 5. The molecule has 1 amide bonds. The Morgan fingerprint density at radius 1 is 1.33 bits per heavy atom. The lowest BCUT2D eigenvalue weighted by Gasteiger charge is -2.05. The lowest BCUT2D eigenvalue weighted by molar-refractivity contribution is -0.155. The van der Waals surface area contributed by atoms with Crippen LogP contribution >= 0.6 is 0 Å². The maximum absolute atomic E-state index is 10.7. The fourth-order valence-corrected chi connectivity index (χ4v) is 0.481. The maximum atomic E-state index is 10.7. The normalized spacial score (nSPS) is 10.5. The van der Waals surface area contributed by atoms with E-state index < -0.39 is 36.9 Å². The molecule has 0 spiro atoms. The Morgan fingerprint density at radius 2 is 1.80 bits per heavy atom. The molecule has 0 radical (unpaired) electrons. The molecule has 7 nitrogen and oxygen atoms in total. The fraction of sp³-hybridized carbons (Fsp3) is 0.375. The molecule has 0 aliphatic carbocycles. The van der Waals surface area contributed by atoms with Crippen LogP contribution in [-0.4, -0.2) is 35.6 Å². The van der Waals surface area contributed by atoms with Crippen molar-refractivity contribution in [3.8, 4) is 0 Å². The van der Waals surface area contributed by atoms with Gasteiger partial charge in [0.25, 0.3) is 0 Å². The first kappa shape index (κ1) is 15.6. The molecule has 0 aliphatic rings. The van der Waals surface area contributed by atoms with Crippen molar-refractivity contribution in [3.05, 3.63) is 13.2 Å². The van der Waals surface area contributed by atoms with E-state index in [0.717, 1.165) is 0 Å². The van der Waals surface area contributed by atoms with E-state index in [9.17, 15) is 14.4 Å². The maximum Gasteiger partial charge on any atom is 0.341 e. The third kappa shape index (κ3) is 10.0. The highest BCUT2D eigenvalue weighted by Crippen LogP contribution is 1.91. The molecule has 86 valence electrons. The predicted octanol–water partition coefficient (Wildman–Crippen LogP) is -1.38. The Morgan fingerprint density at radius 3 is 2.13 bits per heavy atom. The molecule has 0 aromatic carbocycles. The average molecular weight is 218 g/mol. The first-order chi connectivity index (χ1) is 6.93. The monoisotopic (exact) mass is 218 g/mol. The van der Waals surface area contributed by atoms with Crippen molar-refractivity contribution in [1.29, 1.82) is 0 Å². The van der Waals surface area contributed by atoms with Crippen molar-refractivity contribution in [1.82, 2.24) is 0 Å². The third-order valence-corrected chi connectivity index (χ3v) is 1.11. The van der Waals surface area contributed by atoms with Gasteiger partial charge in [-0.3, -0.25) is 9.59 Å². The number of carboxylic acid groups (broad SMARTS) is 1. The summed E-state index contributed by atoms with van der Waals surface area (Å²) in [5, 5.41) is 8.11. The predicted molar refractivity (Wildman–Crippen MR) is 51.6 cm³/mol. The van der Waals surface area contributed by atoms with Gasteiger partial charge in [-0.25, -0.2) is 4.79 Å². The van der Waals surface area contributed by atoms with Crippen molar-refractivity contribution in [2.45, 2.75) is 12.5 Å². The summed E-state index contributed by atoms with van der Waals surface area (Å²) in [6.07, 6.45) is -0.414. The van der Waals surface area contributed by atoms with Gasteiger partial charge in [-0.1, -0.05) is 0 Å². The van der Waals surface area contributed by atoms with Crippen LogP contribution in [0.1, 0.15) is 6.42 Å². The standard InChI is InChI=1S/C6H10N2O5.C2H4/c7-3(6(8)12)1-5(11)13-2-4(9)10;1-2/h3H,1-2,7H2,(H2,8,12)(H,9,10);1-2H2/t3-;/m0./s1. The topological polar surface area (TPSA) is 133 Å². The van der Waals surface area contributed by atoms with Crippen LogP contribution in [0.15, 0.2) is 13.2 Å². The minimum Gasteiger partial charge on any atom is -0.479 e. The van der Waals surface area contributed by atoms with Crippen LogP contribution in [0.5, 0.6) is 0 Å². The summed E-state index contributed by atoms with van der Waals surface area (Å²) in [4.78, 5) is 31.0. The van der Waals surface area contributed by atoms with Gasteiger partial charge in [-0.15, -0.1) is 13.2 Å². The van der Waals surface area contributed by atoms with Crippen LogP contribution in [0.25, 0.3) is 0 Å². The molecule has 7 heteroatoms. The molecule has 0 saturated carbocycles. The van der Waals surface area contributed by atoms with Gasteiger partial charge in [0.1, 0.15) is 0 Å². The van der Waals surface area contributed by atoms with E-state index in [-0.39, 0.29) is 0 Å². The first-order valence-corrected chi connectivity index (χ1v) is 3.85. The number of carbonyl (C=O) groups is 3. The van der Waals surface area contributed by atoms with Crippen LogP contribution in [0, 0.1) is 0 Å². The number of hydrogen-bond donors (Lipinski definition) is 3. The molecule has 5 N–H and O–H groups in total. The van der Waals surface area contributed by atoms with Gasteiger partial charge in [0, 0.05) is 0 Å². The van der Waals surface area contributed by atoms with Crippen molar-refractivity contribution in [2.75, 3.05) is 6.61 Å². The Labute approximate surface area is 86.7 Å². The summed E-state index contributed by atoms with van der Waals surface area (Å²) < 4.78 is 4.20. The van der Waals surface area contributed by atoms with E-state index in [0.29, 0.717) is 0 Å². The Kier molecular flexibility index (Phi) is 9.03. The zero-order valence-electron chi connectivity index (χ0n) is 8.14. The molecule has 0 fully saturated rings. The summed E-state index contributed by atoms with van der Waals surface area (Å²) >= 11 is 0. The summed E-state index contributed by atoms with van der Waals surface area (Å²) in [5.41, 5.74) is 9.85. The van der Waals surface area contributed by atoms with Gasteiger partial charge in [0.15, 0.2) is 6.61 Å². The molecule has 0 heterocycles. The van der Waals surface area contributed by atoms with Crippen molar-refractivity contribution < 1.29 is 24.2 Å². The Bertz CT molecular complexity index is 241. The number of carbonyl (C=O) groups excluding carboxylic acids is 2. The largest absolute Gasteiger partial charge is 0.479 e. The molecule has 0 rings (SSSR count). The number of nitrogens with two attached hydrogens (primary N) is 2. The molecule has 0 aromatic rings. The van der Waals surface area contributed by atoms with Crippen LogP contribution in [0.2, 0.25) is 0 Å². The molecular formula is C8H14N2O5. The highest BCUT2D eigenvalue weighted by molar-refractivity contribution is 5.85. The minimum absolute atomic E-state index is 0.414. The second-order valence-electron chi connectivity index (χ2n) is 2.27. The third-order valence-electron chi connectivity index (χ3n) is 1.11. The molecule has 0 bridgehead atoms. The molecule has 0 aromatic heterocycles. The number of hydrogen-bond acceptors (Lipinski definition) is 5. The molecule has 0 unspecified atom stereocenters. The highest BCUT2D eigenvalue weighted by Gasteiger charge is 2.16. The van der Waals surface area contributed by atoms with Crippen LogP contribution < -0.4 is 11.5 Å². The van der Waals surface area contributed by atoms with Crippen LogP contribution in [0.4, 0.5) is 0 Å². The van der Waals surface area contributed by atoms with E-state index >= 15 is 0 Å². The summed E-state index contributed by atoms with van der Waals surface area (Å²) in [5.74, 6) is -2.98. The zero-order valence-corrected chi connectivity index (χ0v) is 8.14. The molecule has 0 aliphatic heterocycles. The SMILES string of the molecule is C=C.NC(=O)[C@@H](N)CC(=O)OCC(=O)O. The first-order valence-electron chi connectivity index (χ1n) is 3.85. The number of primary amides is 1. The fourth-order valence-electron chi connectivity index (χ4n) is 0.481. The van der Waals surface area contributed by atoms with Gasteiger partial charge in [-0.05, 0) is 0 Å². The number of carboxylic acids is 1. The smallest absolute Gasteiger partial charge is 0.341 e. The number of ether oxygens (including phenoxy) is 1. The molecular weight excluding hydrogens is 204 g/mol. The van der Waals surface area contributed by atoms with E-state index in [4.69, 9.17) is 16.6 Å². The van der Waals surface area contributed by atoms with Gasteiger partial charge < -0.3 is 21.3 Å². The van der Waals surface area contributed by atoms with Crippen LogP contribution in [0.3, 0.4) is 0 Å². The number of amides is 1. The van der Waals surface area contributed by atoms with Gasteiger partial charge in [0.05, 0.1) is 12.5 Å². The highest BCUT2D eigenvalue weighted by atomic mass is 16.5. The molecule has 15 heavy (non-hydrogen) atoms. The quantitative estimate of drug-likeness (QED) is 0.384. The second-order valence-corrected chi connectivity index (χ2v) is 2.27. The lowest BCUT2D eigenvalue weighted by atomic mass is 10.2. The van der Waals surface area contributed by atoms with E-state index in [1.807, 2.05) is 0 Å². The number of esters is 1. The number of aliphatic carboxylic acids is 1. The van der Waals surface area contributed by atoms with Gasteiger partial charge in [0.2, 0.25) is 5.91 Å². The van der Waals surface area contributed by atoms with E-state index in [1.165, 1.54) is 0 Å². The molecule has 0 saturated heterocycles. The zero-order chi connectivity index (χ0) is 12.4. The van der Waals surface area contributed by atoms with Crippen LogP contribution in [-0.2, 0) is 19.1 Å². The van der Waals surface area contributed by atoms with Crippen molar-refractivity contribution >= 4 is 17.8 Å². The Balaban J connectivity index is 0. The van der Waals surface area contributed by atoms with Gasteiger partial charge in [-0.2, -0.15) is 0 Å². The average Bonchev–Trinajstić information content (AvgIpc) is 2.17. The van der Waals surface area contributed by atoms with Crippen molar-refractivity contribution in [3.63, 3.8) is 0 Å². The lowest BCUT2D eigenvalue weighted by Crippen LogP contribution is -2.38. The van der Waals surface area contributed by atoms with E-state index in [2.05, 4.69) is 17.9 Å². The second kappa shape index (κ2) is 8.70. The minimum atomic E-state index is -1.28. The summed E-state index contributed by atoms with van der Waals surface area (Å²) in [6.45, 7) is 5.25. The van der Waals surface area contributed by atoms with Gasteiger partial charge >= 0.3 is 11.9 Å². The summed E-state index contributed by atoms with van der Waals surface area (Å²) in [6, 6.07) is -1.14. The molecule has 1 atom stereocenters.